The molecule has 1 aliphatic carbocycles. The quantitative estimate of drug-likeness (QED) is 0.852. The van der Waals surface area contributed by atoms with Crippen molar-refractivity contribution in [2.45, 2.75) is 30.8 Å². The van der Waals surface area contributed by atoms with Crippen molar-refractivity contribution in [2.75, 3.05) is 45.9 Å². The van der Waals surface area contributed by atoms with Crippen LogP contribution in [0, 0.1) is 0 Å². The Labute approximate surface area is 141 Å². The van der Waals surface area contributed by atoms with Crippen LogP contribution in [0.4, 0.5) is 0 Å². The Morgan fingerprint density at radius 2 is 1.96 bits per heavy atom. The van der Waals surface area contributed by atoms with Crippen LogP contribution < -0.4 is 0 Å². The van der Waals surface area contributed by atoms with Crippen LogP contribution in [0.25, 0.3) is 0 Å². The molecule has 4 rings (SSSR count). The summed E-state index contributed by atoms with van der Waals surface area (Å²) in [6, 6.07) is 0. The Hall–Kier alpha value is -1.57. The van der Waals surface area contributed by atoms with Gasteiger partial charge >= 0.3 is 0 Å². The molecule has 130 valence electrons. The highest BCUT2D eigenvalue weighted by Gasteiger charge is 2.40. The van der Waals surface area contributed by atoms with Crippen molar-refractivity contribution < 1.29 is 14.6 Å². The number of likely N-dealkylation sites (tertiary alicyclic amines) is 1. The molecule has 3 aliphatic rings. The number of ether oxygens (including phenoxy) is 1. The third-order valence-electron chi connectivity index (χ3n) is 5.10. The molecule has 2 saturated heterocycles. The first kappa shape index (κ1) is 15.9. The summed E-state index contributed by atoms with van der Waals surface area (Å²) >= 11 is 0. The van der Waals surface area contributed by atoms with Crippen LogP contribution in [0.3, 0.4) is 0 Å². The lowest BCUT2D eigenvalue weighted by molar-refractivity contribution is -0.0257. The maximum atomic E-state index is 12.6. The molecule has 3 fully saturated rings. The van der Waals surface area contributed by atoms with Gasteiger partial charge in [0.2, 0.25) is 0 Å². The van der Waals surface area contributed by atoms with Crippen LogP contribution in [-0.2, 0) is 4.74 Å². The fraction of sp³-hybridized carbons (Fsp3) is 0.706. The van der Waals surface area contributed by atoms with Gasteiger partial charge in [0, 0.05) is 44.5 Å². The molecule has 1 aromatic rings. The van der Waals surface area contributed by atoms with E-state index in [1.807, 2.05) is 0 Å². The van der Waals surface area contributed by atoms with Crippen molar-refractivity contribution >= 4 is 5.91 Å². The van der Waals surface area contributed by atoms with E-state index in [0.29, 0.717) is 50.8 Å². The van der Waals surface area contributed by atoms with E-state index in [9.17, 15) is 9.90 Å². The Kier molecular flexibility index (Phi) is 4.24. The Morgan fingerprint density at radius 1 is 1.25 bits per heavy atom. The van der Waals surface area contributed by atoms with Crippen molar-refractivity contribution in [1.82, 2.24) is 19.8 Å². The maximum Gasteiger partial charge on any atom is 0.257 e. The van der Waals surface area contributed by atoms with Gasteiger partial charge in [-0.1, -0.05) is 0 Å². The lowest BCUT2D eigenvalue weighted by Crippen LogP contribution is -2.49. The van der Waals surface area contributed by atoms with Gasteiger partial charge < -0.3 is 14.7 Å². The Balaban J connectivity index is 1.37. The molecule has 0 radical (unpaired) electrons. The topological polar surface area (TPSA) is 78.8 Å². The largest absolute Gasteiger partial charge is 0.387 e. The fourth-order valence-corrected chi connectivity index (χ4v) is 3.52. The van der Waals surface area contributed by atoms with Gasteiger partial charge in [-0.2, -0.15) is 0 Å². The molecule has 1 unspecified atom stereocenters. The highest BCUT2D eigenvalue weighted by Crippen LogP contribution is 2.37. The summed E-state index contributed by atoms with van der Waals surface area (Å²) in [5.41, 5.74) is -0.322. The zero-order valence-corrected chi connectivity index (χ0v) is 13.9. The molecule has 0 bridgehead atoms. The second-order valence-corrected chi connectivity index (χ2v) is 7.19. The number of carbonyl (C=O) groups excluding carboxylic acids is 1. The number of aliphatic hydroxyl groups is 1. The molecular formula is C17H24N4O3. The first-order valence-corrected chi connectivity index (χ1v) is 8.77. The number of nitrogens with zero attached hydrogens (tertiary/aromatic N) is 4. The molecule has 1 saturated carbocycles. The summed E-state index contributed by atoms with van der Waals surface area (Å²) in [5, 5.41) is 10.8. The van der Waals surface area contributed by atoms with Gasteiger partial charge in [-0.05, 0) is 19.3 Å². The number of carbonyl (C=O) groups is 1. The number of amides is 1. The van der Waals surface area contributed by atoms with Crippen molar-refractivity contribution in [3.63, 3.8) is 0 Å². The monoisotopic (exact) mass is 332 g/mol. The summed E-state index contributed by atoms with van der Waals surface area (Å²) in [7, 11) is 0. The molecule has 2 aliphatic heterocycles. The van der Waals surface area contributed by atoms with Crippen LogP contribution in [0.5, 0.6) is 0 Å². The SMILES string of the molecule is O=C(c1cnc(C2CC2)nc1)N1CCC(O)(CN2CCOCC2)C1. The van der Waals surface area contributed by atoms with E-state index in [1.165, 1.54) is 0 Å². The van der Waals surface area contributed by atoms with E-state index in [-0.39, 0.29) is 5.91 Å². The molecule has 3 heterocycles. The zero-order valence-electron chi connectivity index (χ0n) is 13.9. The van der Waals surface area contributed by atoms with Gasteiger partial charge in [-0.3, -0.25) is 9.69 Å². The van der Waals surface area contributed by atoms with Gasteiger partial charge in [0.05, 0.1) is 30.9 Å². The van der Waals surface area contributed by atoms with E-state index >= 15 is 0 Å². The van der Waals surface area contributed by atoms with E-state index in [2.05, 4.69) is 14.9 Å². The number of rotatable bonds is 4. The molecule has 24 heavy (non-hydrogen) atoms. The molecule has 0 spiro atoms. The van der Waals surface area contributed by atoms with E-state index in [4.69, 9.17) is 4.74 Å². The average molecular weight is 332 g/mol. The Morgan fingerprint density at radius 3 is 2.62 bits per heavy atom. The molecule has 1 N–H and O–H groups in total. The summed E-state index contributed by atoms with van der Waals surface area (Å²) < 4.78 is 5.34. The second kappa shape index (κ2) is 6.38. The minimum absolute atomic E-state index is 0.0877. The second-order valence-electron chi connectivity index (χ2n) is 7.19. The van der Waals surface area contributed by atoms with E-state index < -0.39 is 5.60 Å². The first-order chi connectivity index (χ1) is 11.6. The van der Waals surface area contributed by atoms with Crippen molar-refractivity contribution in [3.8, 4) is 0 Å². The summed E-state index contributed by atoms with van der Waals surface area (Å²) in [5.74, 6) is 1.24. The van der Waals surface area contributed by atoms with Gasteiger partial charge in [0.1, 0.15) is 5.82 Å². The zero-order chi connectivity index (χ0) is 16.6. The maximum absolute atomic E-state index is 12.6. The predicted molar refractivity (Wildman–Crippen MR) is 86.7 cm³/mol. The Bertz CT molecular complexity index is 598. The summed E-state index contributed by atoms with van der Waals surface area (Å²) in [6.07, 6.45) is 6.16. The number of aromatic nitrogens is 2. The average Bonchev–Trinajstić information content (AvgIpc) is 3.38. The molecule has 1 amide bonds. The summed E-state index contributed by atoms with van der Waals surface area (Å²) in [6.45, 7) is 4.64. The summed E-state index contributed by atoms with van der Waals surface area (Å²) in [4.78, 5) is 25.2. The van der Waals surface area contributed by atoms with Crippen molar-refractivity contribution in [1.29, 1.82) is 0 Å². The van der Waals surface area contributed by atoms with Gasteiger partial charge in [0.15, 0.2) is 0 Å². The lowest BCUT2D eigenvalue weighted by Gasteiger charge is -2.33. The minimum atomic E-state index is -0.832. The number of hydrogen-bond donors (Lipinski definition) is 1. The molecular weight excluding hydrogens is 308 g/mol. The van der Waals surface area contributed by atoms with Crippen LogP contribution in [-0.4, -0.2) is 82.3 Å². The number of morpholine rings is 1. The molecule has 7 heteroatoms. The van der Waals surface area contributed by atoms with E-state index in [1.54, 1.807) is 17.3 Å². The molecule has 0 aromatic carbocycles. The fourth-order valence-electron chi connectivity index (χ4n) is 3.52. The smallest absolute Gasteiger partial charge is 0.257 e. The van der Waals surface area contributed by atoms with Crippen molar-refractivity contribution in [2.24, 2.45) is 0 Å². The predicted octanol–water partition coefficient (Wildman–Crippen LogP) is 0.263. The first-order valence-electron chi connectivity index (χ1n) is 8.77. The standard InChI is InChI=1S/C17H24N4O3/c22-16(14-9-18-15(19-10-14)13-1-2-13)21-4-3-17(23,12-21)11-20-5-7-24-8-6-20/h9-10,13,23H,1-8,11-12H2. The molecule has 1 atom stereocenters. The van der Waals surface area contributed by atoms with Gasteiger partial charge in [-0.25, -0.2) is 9.97 Å². The van der Waals surface area contributed by atoms with Crippen molar-refractivity contribution in [3.05, 3.63) is 23.8 Å². The third-order valence-corrected chi connectivity index (χ3v) is 5.10. The lowest BCUT2D eigenvalue weighted by atomic mass is 10.0. The molecule has 7 nitrogen and oxygen atoms in total. The van der Waals surface area contributed by atoms with Crippen LogP contribution in [0.2, 0.25) is 0 Å². The number of β-amino-alcohol motifs (C(OH)–C–C–N with tert-alkyl or cyclic N) is 1. The highest BCUT2D eigenvalue weighted by molar-refractivity contribution is 5.93. The van der Waals surface area contributed by atoms with Gasteiger partial charge in [0.25, 0.3) is 5.91 Å². The van der Waals surface area contributed by atoms with Crippen LogP contribution >= 0.6 is 0 Å². The molecule has 1 aromatic heterocycles. The van der Waals surface area contributed by atoms with Crippen LogP contribution in [0.1, 0.15) is 41.4 Å². The van der Waals surface area contributed by atoms with E-state index in [0.717, 1.165) is 31.8 Å². The van der Waals surface area contributed by atoms with Crippen LogP contribution in [0.15, 0.2) is 12.4 Å². The highest BCUT2D eigenvalue weighted by atomic mass is 16.5. The number of hydrogen-bond acceptors (Lipinski definition) is 6. The van der Waals surface area contributed by atoms with Gasteiger partial charge in [-0.15, -0.1) is 0 Å². The third kappa shape index (κ3) is 3.43. The normalized spacial score (nSPS) is 28.3. The minimum Gasteiger partial charge on any atom is -0.387 e.